The molecule has 0 radical (unpaired) electrons. The van der Waals surface area contributed by atoms with Crippen LogP contribution < -0.4 is 0 Å². The Balaban J connectivity index is 1.48. The molecular formula is C20H23NO2. The van der Waals surface area contributed by atoms with Crippen LogP contribution in [0.25, 0.3) is 0 Å². The second-order valence-corrected chi connectivity index (χ2v) is 6.41. The van der Waals surface area contributed by atoms with Gasteiger partial charge in [0.15, 0.2) is 0 Å². The van der Waals surface area contributed by atoms with Gasteiger partial charge in [-0.2, -0.15) is 0 Å². The summed E-state index contributed by atoms with van der Waals surface area (Å²) in [6.45, 7) is 3.33. The average molecular weight is 309 g/mol. The molecule has 3 nitrogen and oxygen atoms in total. The molecule has 120 valence electrons. The topological polar surface area (TPSA) is 40.5 Å². The van der Waals surface area contributed by atoms with Crippen LogP contribution in [0.2, 0.25) is 0 Å². The second-order valence-electron chi connectivity index (χ2n) is 6.41. The van der Waals surface area contributed by atoms with E-state index < -0.39 is 5.97 Å². The van der Waals surface area contributed by atoms with Gasteiger partial charge in [0.1, 0.15) is 0 Å². The van der Waals surface area contributed by atoms with E-state index in [1.165, 1.54) is 24.0 Å². The molecule has 1 fully saturated rings. The van der Waals surface area contributed by atoms with Gasteiger partial charge in [0.25, 0.3) is 0 Å². The van der Waals surface area contributed by atoms with Gasteiger partial charge in [-0.05, 0) is 61.5 Å². The van der Waals surface area contributed by atoms with Crippen molar-refractivity contribution in [2.24, 2.45) is 5.92 Å². The molecule has 1 heterocycles. The van der Waals surface area contributed by atoms with Crippen LogP contribution in [-0.4, -0.2) is 29.1 Å². The van der Waals surface area contributed by atoms with E-state index >= 15 is 0 Å². The van der Waals surface area contributed by atoms with Crippen LogP contribution in [0.15, 0.2) is 54.6 Å². The molecule has 0 saturated carbocycles. The molecule has 3 heteroatoms. The van der Waals surface area contributed by atoms with Crippen molar-refractivity contribution in [2.75, 3.05) is 13.1 Å². The average Bonchev–Trinajstić information content (AvgIpc) is 2.58. The van der Waals surface area contributed by atoms with Crippen LogP contribution in [-0.2, 0) is 13.0 Å². The molecule has 0 amide bonds. The minimum absolute atomic E-state index is 0.367. The molecule has 0 unspecified atom stereocenters. The highest BCUT2D eigenvalue weighted by atomic mass is 16.4. The minimum atomic E-state index is -0.856. The number of carboxylic acid groups (broad SMARTS) is 1. The van der Waals surface area contributed by atoms with Crippen molar-refractivity contribution in [3.8, 4) is 0 Å². The predicted octanol–water partition coefficient (Wildman–Crippen LogP) is 3.84. The zero-order chi connectivity index (χ0) is 16.1. The molecule has 0 aromatic heterocycles. The smallest absolute Gasteiger partial charge is 0.335 e. The molecule has 0 spiro atoms. The molecule has 2 aromatic carbocycles. The molecule has 3 rings (SSSR count). The van der Waals surface area contributed by atoms with Gasteiger partial charge in [-0.1, -0.05) is 42.5 Å². The SMILES string of the molecule is O=C(O)c1ccc(CC2CCN(Cc3ccccc3)CC2)cc1. The van der Waals surface area contributed by atoms with Crippen molar-refractivity contribution in [2.45, 2.75) is 25.8 Å². The van der Waals surface area contributed by atoms with Crippen LogP contribution in [0.4, 0.5) is 0 Å². The van der Waals surface area contributed by atoms with Gasteiger partial charge in [-0.3, -0.25) is 4.90 Å². The highest BCUT2D eigenvalue weighted by molar-refractivity contribution is 5.87. The third-order valence-corrected chi connectivity index (χ3v) is 4.68. The molecular weight excluding hydrogens is 286 g/mol. The van der Waals surface area contributed by atoms with E-state index in [2.05, 4.69) is 35.2 Å². The number of carboxylic acids is 1. The van der Waals surface area contributed by atoms with E-state index in [1.54, 1.807) is 12.1 Å². The third kappa shape index (κ3) is 4.42. The standard InChI is InChI=1S/C20H23NO2/c22-20(23)19-8-6-16(7-9-19)14-17-10-12-21(13-11-17)15-18-4-2-1-3-5-18/h1-9,17H,10-15H2,(H,22,23). The monoisotopic (exact) mass is 309 g/mol. The summed E-state index contributed by atoms with van der Waals surface area (Å²) in [4.78, 5) is 13.4. The molecule has 1 N–H and O–H groups in total. The first-order chi connectivity index (χ1) is 11.2. The number of hydrogen-bond donors (Lipinski definition) is 1. The number of benzene rings is 2. The molecule has 1 aliphatic rings. The van der Waals surface area contributed by atoms with Crippen molar-refractivity contribution in [1.82, 2.24) is 4.90 Å². The highest BCUT2D eigenvalue weighted by Crippen LogP contribution is 2.23. The molecule has 0 aliphatic carbocycles. The summed E-state index contributed by atoms with van der Waals surface area (Å²) >= 11 is 0. The summed E-state index contributed by atoms with van der Waals surface area (Å²) in [5, 5.41) is 8.94. The van der Waals surface area contributed by atoms with E-state index in [-0.39, 0.29) is 0 Å². The van der Waals surface area contributed by atoms with Gasteiger partial charge < -0.3 is 5.11 Å². The van der Waals surface area contributed by atoms with Gasteiger partial charge >= 0.3 is 5.97 Å². The molecule has 2 aromatic rings. The number of carbonyl (C=O) groups is 1. The number of rotatable bonds is 5. The summed E-state index contributed by atoms with van der Waals surface area (Å²) in [6.07, 6.45) is 3.49. The van der Waals surface area contributed by atoms with Crippen LogP contribution in [0.1, 0.15) is 34.3 Å². The van der Waals surface area contributed by atoms with Gasteiger partial charge in [0.05, 0.1) is 5.56 Å². The Hall–Kier alpha value is -2.13. The Morgan fingerprint density at radius 2 is 1.61 bits per heavy atom. The van der Waals surface area contributed by atoms with Crippen LogP contribution in [0, 0.1) is 5.92 Å². The Labute approximate surface area is 137 Å². The van der Waals surface area contributed by atoms with E-state index in [0.29, 0.717) is 11.5 Å². The largest absolute Gasteiger partial charge is 0.478 e. The molecule has 23 heavy (non-hydrogen) atoms. The lowest BCUT2D eigenvalue weighted by Crippen LogP contribution is -2.33. The second kappa shape index (κ2) is 7.42. The Bertz CT molecular complexity index is 628. The Morgan fingerprint density at radius 1 is 0.957 bits per heavy atom. The van der Waals surface area contributed by atoms with Crippen molar-refractivity contribution < 1.29 is 9.90 Å². The predicted molar refractivity (Wildman–Crippen MR) is 91.5 cm³/mol. The fourth-order valence-electron chi connectivity index (χ4n) is 3.31. The summed E-state index contributed by atoms with van der Waals surface area (Å²) in [5.41, 5.74) is 3.00. The third-order valence-electron chi connectivity index (χ3n) is 4.68. The van der Waals surface area contributed by atoms with E-state index in [9.17, 15) is 4.79 Å². The van der Waals surface area contributed by atoms with Crippen LogP contribution in [0.3, 0.4) is 0 Å². The number of nitrogens with zero attached hydrogens (tertiary/aromatic N) is 1. The van der Waals surface area contributed by atoms with Crippen molar-refractivity contribution in [3.05, 3.63) is 71.3 Å². The van der Waals surface area contributed by atoms with Crippen molar-refractivity contribution in [3.63, 3.8) is 0 Å². The molecule has 1 aliphatic heterocycles. The van der Waals surface area contributed by atoms with Gasteiger partial charge in [0, 0.05) is 6.54 Å². The lowest BCUT2D eigenvalue weighted by Gasteiger charge is -2.32. The maximum absolute atomic E-state index is 10.9. The normalized spacial score (nSPS) is 16.3. The first kappa shape index (κ1) is 15.8. The Kier molecular flexibility index (Phi) is 5.09. The lowest BCUT2D eigenvalue weighted by molar-refractivity contribution is 0.0697. The highest BCUT2D eigenvalue weighted by Gasteiger charge is 2.19. The maximum Gasteiger partial charge on any atom is 0.335 e. The van der Waals surface area contributed by atoms with Crippen molar-refractivity contribution >= 4 is 5.97 Å². The first-order valence-corrected chi connectivity index (χ1v) is 8.29. The minimum Gasteiger partial charge on any atom is -0.478 e. The van der Waals surface area contributed by atoms with Gasteiger partial charge in [0.2, 0.25) is 0 Å². The van der Waals surface area contributed by atoms with Gasteiger partial charge in [-0.15, -0.1) is 0 Å². The van der Waals surface area contributed by atoms with Crippen LogP contribution >= 0.6 is 0 Å². The summed E-state index contributed by atoms with van der Waals surface area (Å²) < 4.78 is 0. The number of piperidine rings is 1. The lowest BCUT2D eigenvalue weighted by atomic mass is 9.90. The quantitative estimate of drug-likeness (QED) is 0.912. The number of aromatic carboxylic acids is 1. The molecule has 1 saturated heterocycles. The molecule has 0 bridgehead atoms. The summed E-state index contributed by atoms with van der Waals surface area (Å²) in [6, 6.07) is 18.0. The fourth-order valence-corrected chi connectivity index (χ4v) is 3.31. The van der Waals surface area contributed by atoms with Crippen molar-refractivity contribution in [1.29, 1.82) is 0 Å². The van der Waals surface area contributed by atoms with E-state index in [4.69, 9.17) is 5.11 Å². The fraction of sp³-hybridized carbons (Fsp3) is 0.350. The zero-order valence-corrected chi connectivity index (χ0v) is 13.3. The summed E-state index contributed by atoms with van der Waals surface area (Å²) in [7, 11) is 0. The van der Waals surface area contributed by atoms with E-state index in [1.807, 2.05) is 12.1 Å². The number of likely N-dealkylation sites (tertiary alicyclic amines) is 1. The maximum atomic E-state index is 10.9. The van der Waals surface area contributed by atoms with Crippen LogP contribution in [0.5, 0.6) is 0 Å². The summed E-state index contributed by atoms with van der Waals surface area (Å²) in [5.74, 6) is -0.150. The zero-order valence-electron chi connectivity index (χ0n) is 13.3. The number of hydrogen-bond acceptors (Lipinski definition) is 2. The Morgan fingerprint density at radius 3 is 2.22 bits per heavy atom. The molecule has 0 atom stereocenters. The first-order valence-electron chi connectivity index (χ1n) is 8.29. The van der Waals surface area contributed by atoms with E-state index in [0.717, 1.165) is 26.1 Å². The van der Waals surface area contributed by atoms with Gasteiger partial charge in [-0.25, -0.2) is 4.79 Å².